The van der Waals surface area contributed by atoms with Gasteiger partial charge in [-0.05, 0) is 31.0 Å². The van der Waals surface area contributed by atoms with E-state index in [0.717, 1.165) is 18.9 Å². The van der Waals surface area contributed by atoms with Gasteiger partial charge in [-0.3, -0.25) is 19.7 Å². The van der Waals surface area contributed by atoms with Gasteiger partial charge in [0.15, 0.2) is 6.61 Å². The molecule has 0 bridgehead atoms. The number of nitrogens with zero attached hydrogens (tertiary/aromatic N) is 2. The standard InChI is InChI=1S/C18H18N4O6/c1-21-9-14(22(26)27)8-15(21)18(25)28-10-16(23)19-13-4-2-3-11(7-13)17(24)20-12-5-6-12/h2-4,7-9,12H,5-6,10H2,1H3,(H,19,23)(H,20,24). The van der Waals surface area contributed by atoms with Crippen LogP contribution in [0.1, 0.15) is 33.7 Å². The summed E-state index contributed by atoms with van der Waals surface area (Å²) < 4.78 is 6.15. The fourth-order valence-corrected chi connectivity index (χ4v) is 2.49. The van der Waals surface area contributed by atoms with E-state index in [-0.39, 0.29) is 23.3 Å². The minimum Gasteiger partial charge on any atom is -0.451 e. The number of rotatable bonds is 7. The van der Waals surface area contributed by atoms with E-state index in [1.165, 1.54) is 23.9 Å². The van der Waals surface area contributed by atoms with Crippen molar-refractivity contribution in [2.24, 2.45) is 7.05 Å². The molecule has 0 unspecified atom stereocenters. The number of nitro groups is 1. The molecule has 0 saturated heterocycles. The van der Waals surface area contributed by atoms with E-state index in [4.69, 9.17) is 4.74 Å². The summed E-state index contributed by atoms with van der Waals surface area (Å²) in [6.07, 6.45) is 3.12. The van der Waals surface area contributed by atoms with Gasteiger partial charge in [0.2, 0.25) is 0 Å². The average Bonchev–Trinajstić information content (AvgIpc) is 3.38. The molecule has 10 heteroatoms. The molecular formula is C18H18N4O6. The number of aryl methyl sites for hydroxylation is 1. The zero-order valence-electron chi connectivity index (χ0n) is 15.0. The van der Waals surface area contributed by atoms with Crippen molar-refractivity contribution in [2.75, 3.05) is 11.9 Å². The first-order valence-electron chi connectivity index (χ1n) is 8.52. The Kier molecular flexibility index (Phi) is 5.39. The molecule has 28 heavy (non-hydrogen) atoms. The molecule has 0 spiro atoms. The first-order valence-corrected chi connectivity index (χ1v) is 8.52. The van der Waals surface area contributed by atoms with Crippen LogP contribution in [0, 0.1) is 10.1 Å². The zero-order chi connectivity index (χ0) is 20.3. The minimum atomic E-state index is -0.858. The molecule has 0 atom stereocenters. The van der Waals surface area contributed by atoms with Crippen LogP contribution in [0.25, 0.3) is 0 Å². The van der Waals surface area contributed by atoms with Crippen molar-refractivity contribution < 1.29 is 24.0 Å². The third-order valence-corrected chi connectivity index (χ3v) is 4.07. The van der Waals surface area contributed by atoms with Crippen molar-refractivity contribution in [1.82, 2.24) is 9.88 Å². The van der Waals surface area contributed by atoms with E-state index in [0.29, 0.717) is 11.3 Å². The highest BCUT2D eigenvalue weighted by atomic mass is 16.6. The van der Waals surface area contributed by atoms with Gasteiger partial charge in [0.05, 0.1) is 11.1 Å². The van der Waals surface area contributed by atoms with Gasteiger partial charge in [0.1, 0.15) is 5.69 Å². The predicted molar refractivity (Wildman–Crippen MR) is 97.9 cm³/mol. The number of aromatic nitrogens is 1. The number of amides is 2. The lowest BCUT2D eigenvalue weighted by atomic mass is 10.2. The molecule has 1 fully saturated rings. The summed E-state index contributed by atoms with van der Waals surface area (Å²) >= 11 is 0. The van der Waals surface area contributed by atoms with E-state index < -0.39 is 23.4 Å². The van der Waals surface area contributed by atoms with Gasteiger partial charge < -0.3 is 19.9 Å². The number of carbonyl (C=O) groups is 3. The normalized spacial score (nSPS) is 12.9. The number of esters is 1. The lowest BCUT2D eigenvalue weighted by Crippen LogP contribution is -2.25. The van der Waals surface area contributed by atoms with Gasteiger partial charge in [-0.25, -0.2) is 4.79 Å². The summed E-state index contributed by atoms with van der Waals surface area (Å²) in [5.74, 6) is -1.67. The van der Waals surface area contributed by atoms with Crippen LogP contribution in [0.3, 0.4) is 0 Å². The first kappa shape index (κ1) is 19.1. The molecule has 2 amide bonds. The van der Waals surface area contributed by atoms with Gasteiger partial charge in [-0.1, -0.05) is 6.07 Å². The van der Waals surface area contributed by atoms with Crippen LogP contribution in [0.15, 0.2) is 36.5 Å². The molecular weight excluding hydrogens is 368 g/mol. The maximum absolute atomic E-state index is 12.0. The molecule has 2 N–H and O–H groups in total. The van der Waals surface area contributed by atoms with Crippen LogP contribution >= 0.6 is 0 Å². The molecule has 1 saturated carbocycles. The molecule has 0 radical (unpaired) electrons. The highest BCUT2D eigenvalue weighted by Gasteiger charge is 2.24. The monoisotopic (exact) mass is 386 g/mol. The number of anilines is 1. The third-order valence-electron chi connectivity index (χ3n) is 4.07. The molecule has 0 aliphatic heterocycles. The molecule has 1 heterocycles. The van der Waals surface area contributed by atoms with Crippen LogP contribution in [0.2, 0.25) is 0 Å². The Morgan fingerprint density at radius 3 is 2.68 bits per heavy atom. The number of carbonyl (C=O) groups excluding carboxylic acids is 3. The van der Waals surface area contributed by atoms with Gasteiger partial charge in [0.25, 0.3) is 17.5 Å². The Morgan fingerprint density at radius 2 is 2.04 bits per heavy atom. The average molecular weight is 386 g/mol. The third kappa shape index (κ3) is 4.72. The number of ether oxygens (including phenoxy) is 1. The molecule has 1 aromatic heterocycles. The van der Waals surface area contributed by atoms with E-state index in [1.54, 1.807) is 18.2 Å². The second-order valence-corrected chi connectivity index (χ2v) is 6.40. The molecule has 3 rings (SSSR count). The lowest BCUT2D eigenvalue weighted by Gasteiger charge is -2.09. The topological polar surface area (TPSA) is 133 Å². The van der Waals surface area contributed by atoms with E-state index in [9.17, 15) is 24.5 Å². The Labute approximate surface area is 159 Å². The minimum absolute atomic E-state index is 0.0433. The number of hydrogen-bond acceptors (Lipinski definition) is 6. The fraction of sp³-hybridized carbons (Fsp3) is 0.278. The van der Waals surface area contributed by atoms with Gasteiger partial charge in [-0.2, -0.15) is 0 Å². The van der Waals surface area contributed by atoms with Crippen molar-refractivity contribution in [1.29, 1.82) is 0 Å². The predicted octanol–water partition coefficient (Wildman–Crippen LogP) is 1.62. The fourth-order valence-electron chi connectivity index (χ4n) is 2.49. The smallest absolute Gasteiger partial charge is 0.355 e. The maximum atomic E-state index is 12.0. The largest absolute Gasteiger partial charge is 0.451 e. The van der Waals surface area contributed by atoms with Gasteiger partial charge in [-0.15, -0.1) is 0 Å². The molecule has 146 valence electrons. The van der Waals surface area contributed by atoms with Gasteiger partial charge >= 0.3 is 5.97 Å². The Balaban J connectivity index is 1.54. The SMILES string of the molecule is Cn1cc([N+](=O)[O-])cc1C(=O)OCC(=O)Nc1cccc(C(=O)NC2CC2)c1. The summed E-state index contributed by atoms with van der Waals surface area (Å²) in [7, 11) is 1.46. The summed E-state index contributed by atoms with van der Waals surface area (Å²) in [5, 5.41) is 16.1. The maximum Gasteiger partial charge on any atom is 0.355 e. The molecule has 2 aromatic rings. The van der Waals surface area contributed by atoms with Crippen molar-refractivity contribution >= 4 is 29.2 Å². The molecule has 1 aromatic carbocycles. The second-order valence-electron chi connectivity index (χ2n) is 6.40. The Bertz CT molecular complexity index is 947. The van der Waals surface area contributed by atoms with Crippen LogP contribution in [-0.2, 0) is 16.6 Å². The van der Waals surface area contributed by atoms with Crippen molar-refractivity contribution in [3.8, 4) is 0 Å². The highest BCUT2D eigenvalue weighted by molar-refractivity contribution is 5.98. The number of hydrogen-bond donors (Lipinski definition) is 2. The second kappa shape index (κ2) is 7.91. The number of nitrogens with one attached hydrogen (secondary N) is 2. The Hall–Kier alpha value is -3.69. The van der Waals surface area contributed by atoms with E-state index in [1.807, 2.05) is 0 Å². The van der Waals surface area contributed by atoms with E-state index >= 15 is 0 Å². The summed E-state index contributed by atoms with van der Waals surface area (Å²) in [6, 6.07) is 7.69. The van der Waals surface area contributed by atoms with Gasteiger partial charge in [0, 0.05) is 30.4 Å². The van der Waals surface area contributed by atoms with Crippen molar-refractivity contribution in [3.63, 3.8) is 0 Å². The lowest BCUT2D eigenvalue weighted by molar-refractivity contribution is -0.384. The highest BCUT2D eigenvalue weighted by Crippen LogP contribution is 2.20. The summed E-state index contributed by atoms with van der Waals surface area (Å²) in [4.78, 5) is 46.2. The summed E-state index contributed by atoms with van der Waals surface area (Å²) in [6.45, 7) is -0.573. The van der Waals surface area contributed by atoms with Crippen molar-refractivity contribution in [2.45, 2.75) is 18.9 Å². The van der Waals surface area contributed by atoms with Crippen LogP contribution in [-0.4, -0.2) is 39.9 Å². The first-order chi connectivity index (χ1) is 13.3. The summed E-state index contributed by atoms with van der Waals surface area (Å²) in [5.41, 5.74) is 0.509. The van der Waals surface area contributed by atoms with Crippen LogP contribution < -0.4 is 10.6 Å². The van der Waals surface area contributed by atoms with Crippen LogP contribution in [0.4, 0.5) is 11.4 Å². The molecule has 1 aliphatic carbocycles. The Morgan fingerprint density at radius 1 is 1.29 bits per heavy atom. The van der Waals surface area contributed by atoms with Crippen molar-refractivity contribution in [3.05, 3.63) is 57.9 Å². The zero-order valence-corrected chi connectivity index (χ0v) is 15.0. The number of benzene rings is 1. The van der Waals surface area contributed by atoms with Crippen LogP contribution in [0.5, 0.6) is 0 Å². The molecule has 10 nitrogen and oxygen atoms in total. The molecule has 1 aliphatic rings. The quantitative estimate of drug-likeness (QED) is 0.422. The van der Waals surface area contributed by atoms with E-state index in [2.05, 4.69) is 10.6 Å².